The van der Waals surface area contributed by atoms with Gasteiger partial charge in [-0.25, -0.2) is 9.78 Å². The summed E-state index contributed by atoms with van der Waals surface area (Å²) >= 11 is 0. The third kappa shape index (κ3) is 2.56. The molecule has 21 heavy (non-hydrogen) atoms. The number of hydrogen-bond donors (Lipinski definition) is 1. The lowest BCUT2D eigenvalue weighted by atomic mass is 10.1. The number of pyridine rings is 1. The van der Waals surface area contributed by atoms with Crippen LogP contribution in [0.1, 0.15) is 16.1 Å². The van der Waals surface area contributed by atoms with Crippen LogP contribution in [0.5, 0.6) is 11.6 Å². The molecule has 4 nitrogen and oxygen atoms in total. The van der Waals surface area contributed by atoms with Crippen molar-refractivity contribution in [3.05, 3.63) is 65.9 Å². The van der Waals surface area contributed by atoms with Crippen molar-refractivity contribution in [1.82, 2.24) is 4.98 Å². The third-order valence-corrected chi connectivity index (χ3v) is 3.18. The Bertz CT molecular complexity index is 827. The second kappa shape index (κ2) is 5.25. The SMILES string of the molecule is Cc1cccc(Oc2c(C(=O)O)ccc3ccccc23)n1. The van der Waals surface area contributed by atoms with E-state index >= 15 is 0 Å². The number of carbonyl (C=O) groups is 1. The molecule has 0 saturated heterocycles. The van der Waals surface area contributed by atoms with Gasteiger partial charge in [-0.05, 0) is 24.4 Å². The van der Waals surface area contributed by atoms with Crippen LogP contribution < -0.4 is 4.74 Å². The van der Waals surface area contributed by atoms with Crippen LogP contribution in [0.4, 0.5) is 0 Å². The molecule has 1 N–H and O–H groups in total. The number of aromatic carboxylic acids is 1. The minimum atomic E-state index is -1.02. The number of aromatic nitrogens is 1. The summed E-state index contributed by atoms with van der Waals surface area (Å²) in [7, 11) is 0. The van der Waals surface area contributed by atoms with E-state index in [4.69, 9.17) is 4.74 Å². The highest BCUT2D eigenvalue weighted by Gasteiger charge is 2.16. The Balaban J connectivity index is 2.18. The van der Waals surface area contributed by atoms with E-state index in [-0.39, 0.29) is 5.56 Å². The predicted molar refractivity (Wildman–Crippen MR) is 80.0 cm³/mol. The van der Waals surface area contributed by atoms with E-state index in [1.807, 2.05) is 43.3 Å². The molecule has 0 saturated carbocycles. The van der Waals surface area contributed by atoms with Crippen LogP contribution in [-0.2, 0) is 0 Å². The molecule has 0 radical (unpaired) electrons. The zero-order valence-electron chi connectivity index (χ0n) is 11.4. The van der Waals surface area contributed by atoms with Crippen molar-refractivity contribution in [1.29, 1.82) is 0 Å². The Hall–Kier alpha value is -2.88. The van der Waals surface area contributed by atoms with Crippen LogP contribution in [0, 0.1) is 6.92 Å². The lowest BCUT2D eigenvalue weighted by Gasteiger charge is -2.11. The molecule has 4 heteroatoms. The van der Waals surface area contributed by atoms with Crippen molar-refractivity contribution in [3.8, 4) is 11.6 Å². The summed E-state index contributed by atoms with van der Waals surface area (Å²) in [5.41, 5.74) is 0.932. The fourth-order valence-corrected chi connectivity index (χ4v) is 2.20. The van der Waals surface area contributed by atoms with Gasteiger partial charge < -0.3 is 9.84 Å². The Morgan fingerprint density at radius 3 is 2.62 bits per heavy atom. The van der Waals surface area contributed by atoms with Crippen LogP contribution in [0.2, 0.25) is 0 Å². The Morgan fingerprint density at radius 1 is 1.05 bits per heavy atom. The Kier molecular flexibility index (Phi) is 3.28. The molecule has 1 aromatic heterocycles. The van der Waals surface area contributed by atoms with Crippen molar-refractivity contribution in [2.45, 2.75) is 6.92 Å². The van der Waals surface area contributed by atoms with Gasteiger partial charge in [0.25, 0.3) is 0 Å². The molecule has 0 atom stereocenters. The standard InChI is InChI=1S/C17H13NO3/c1-11-5-4-8-15(18-11)21-16-13-7-3-2-6-12(13)9-10-14(16)17(19)20/h2-10H,1H3,(H,19,20). The first-order chi connectivity index (χ1) is 10.1. The largest absolute Gasteiger partial charge is 0.478 e. The molecular weight excluding hydrogens is 266 g/mol. The summed E-state index contributed by atoms with van der Waals surface area (Å²) in [6.07, 6.45) is 0. The van der Waals surface area contributed by atoms with E-state index in [0.29, 0.717) is 11.6 Å². The minimum absolute atomic E-state index is 0.122. The van der Waals surface area contributed by atoms with Crippen LogP contribution >= 0.6 is 0 Å². The smallest absolute Gasteiger partial charge is 0.339 e. The van der Waals surface area contributed by atoms with Gasteiger partial charge in [-0.15, -0.1) is 0 Å². The predicted octanol–water partition coefficient (Wildman–Crippen LogP) is 4.03. The maximum absolute atomic E-state index is 11.4. The van der Waals surface area contributed by atoms with Crippen molar-refractivity contribution in [2.75, 3.05) is 0 Å². The van der Waals surface area contributed by atoms with Crippen molar-refractivity contribution < 1.29 is 14.6 Å². The van der Waals surface area contributed by atoms with E-state index in [1.54, 1.807) is 18.2 Å². The van der Waals surface area contributed by atoms with E-state index in [1.165, 1.54) is 0 Å². The first kappa shape index (κ1) is 13.1. The monoisotopic (exact) mass is 279 g/mol. The highest BCUT2D eigenvalue weighted by Crippen LogP contribution is 2.33. The van der Waals surface area contributed by atoms with Gasteiger partial charge in [0.15, 0.2) is 5.75 Å². The summed E-state index contributed by atoms with van der Waals surface area (Å²) in [5, 5.41) is 11.0. The molecular formula is C17H13NO3. The van der Waals surface area contributed by atoms with E-state index in [9.17, 15) is 9.90 Å². The second-order valence-electron chi connectivity index (χ2n) is 4.69. The number of carboxylic acids is 1. The van der Waals surface area contributed by atoms with Crippen LogP contribution in [0.25, 0.3) is 10.8 Å². The molecule has 3 rings (SSSR count). The molecule has 3 aromatic rings. The fraction of sp³-hybridized carbons (Fsp3) is 0.0588. The van der Waals surface area contributed by atoms with Gasteiger partial charge in [0.2, 0.25) is 5.88 Å². The molecule has 0 fully saturated rings. The number of ether oxygens (including phenoxy) is 1. The average molecular weight is 279 g/mol. The number of aryl methyl sites for hydroxylation is 1. The van der Waals surface area contributed by atoms with E-state index < -0.39 is 5.97 Å². The Morgan fingerprint density at radius 2 is 1.86 bits per heavy atom. The number of fused-ring (bicyclic) bond motifs is 1. The number of benzene rings is 2. The summed E-state index contributed by atoms with van der Waals surface area (Å²) < 4.78 is 5.77. The topological polar surface area (TPSA) is 59.4 Å². The zero-order chi connectivity index (χ0) is 14.8. The van der Waals surface area contributed by atoms with Gasteiger partial charge in [0, 0.05) is 17.1 Å². The van der Waals surface area contributed by atoms with Crippen LogP contribution in [0.3, 0.4) is 0 Å². The van der Waals surface area contributed by atoms with Gasteiger partial charge >= 0.3 is 5.97 Å². The van der Waals surface area contributed by atoms with Crippen molar-refractivity contribution in [3.63, 3.8) is 0 Å². The molecule has 0 aliphatic rings. The number of carboxylic acid groups (broad SMARTS) is 1. The minimum Gasteiger partial charge on any atom is -0.478 e. The lowest BCUT2D eigenvalue weighted by molar-refractivity contribution is 0.0694. The van der Waals surface area contributed by atoms with Gasteiger partial charge in [-0.3, -0.25) is 0 Å². The maximum atomic E-state index is 11.4. The van der Waals surface area contributed by atoms with E-state index in [0.717, 1.165) is 16.5 Å². The van der Waals surface area contributed by atoms with Gasteiger partial charge in [0.1, 0.15) is 5.56 Å². The zero-order valence-corrected chi connectivity index (χ0v) is 11.4. The first-order valence-corrected chi connectivity index (χ1v) is 6.52. The second-order valence-corrected chi connectivity index (χ2v) is 4.69. The number of hydrogen-bond acceptors (Lipinski definition) is 3. The normalized spacial score (nSPS) is 10.5. The molecule has 1 heterocycles. The van der Waals surface area contributed by atoms with Crippen LogP contribution in [-0.4, -0.2) is 16.1 Å². The fourth-order valence-electron chi connectivity index (χ4n) is 2.20. The van der Waals surface area contributed by atoms with E-state index in [2.05, 4.69) is 4.98 Å². The third-order valence-electron chi connectivity index (χ3n) is 3.18. The quantitative estimate of drug-likeness (QED) is 0.786. The first-order valence-electron chi connectivity index (χ1n) is 6.52. The average Bonchev–Trinajstić information content (AvgIpc) is 2.47. The Labute approximate surface area is 121 Å². The summed E-state index contributed by atoms with van der Waals surface area (Å²) in [5.74, 6) is -0.323. The summed E-state index contributed by atoms with van der Waals surface area (Å²) in [4.78, 5) is 15.7. The van der Waals surface area contributed by atoms with Gasteiger partial charge in [0.05, 0.1) is 0 Å². The number of nitrogens with zero attached hydrogens (tertiary/aromatic N) is 1. The van der Waals surface area contributed by atoms with Gasteiger partial charge in [-0.1, -0.05) is 36.4 Å². The molecule has 0 amide bonds. The van der Waals surface area contributed by atoms with Crippen molar-refractivity contribution >= 4 is 16.7 Å². The molecule has 0 unspecified atom stereocenters. The van der Waals surface area contributed by atoms with Crippen molar-refractivity contribution in [2.24, 2.45) is 0 Å². The number of rotatable bonds is 3. The lowest BCUT2D eigenvalue weighted by Crippen LogP contribution is -2.01. The molecule has 0 bridgehead atoms. The summed E-state index contributed by atoms with van der Waals surface area (Å²) in [6.45, 7) is 1.86. The van der Waals surface area contributed by atoms with Crippen LogP contribution in [0.15, 0.2) is 54.6 Å². The van der Waals surface area contributed by atoms with Gasteiger partial charge in [-0.2, -0.15) is 0 Å². The molecule has 0 spiro atoms. The highest BCUT2D eigenvalue weighted by atomic mass is 16.5. The molecule has 0 aliphatic heterocycles. The highest BCUT2D eigenvalue weighted by molar-refractivity contribution is 6.00. The maximum Gasteiger partial charge on any atom is 0.339 e. The molecule has 2 aromatic carbocycles. The summed E-state index contributed by atoms with van der Waals surface area (Å²) in [6, 6.07) is 16.2. The molecule has 0 aliphatic carbocycles. The molecule has 104 valence electrons.